The van der Waals surface area contributed by atoms with Gasteiger partial charge in [0.25, 0.3) is 0 Å². The number of hydrogen-bond donors (Lipinski definition) is 0. The van der Waals surface area contributed by atoms with Gasteiger partial charge in [-0.25, -0.2) is 8.42 Å². The van der Waals surface area contributed by atoms with Gasteiger partial charge in [-0.05, 0) is 18.2 Å². The third kappa shape index (κ3) is 3.89. The summed E-state index contributed by atoms with van der Waals surface area (Å²) in [6.45, 7) is 5.86. The van der Waals surface area contributed by atoms with Crippen molar-refractivity contribution >= 4 is 16.1 Å². The second kappa shape index (κ2) is 6.32. The van der Waals surface area contributed by atoms with Crippen molar-refractivity contribution in [3.8, 4) is 0 Å². The maximum absolute atomic E-state index is 12.2. The van der Waals surface area contributed by atoms with Gasteiger partial charge < -0.3 is 4.90 Å². The molecule has 0 aromatic heterocycles. The molecule has 0 unspecified atom stereocenters. The zero-order valence-corrected chi connectivity index (χ0v) is 12.0. The van der Waals surface area contributed by atoms with Crippen molar-refractivity contribution in [2.75, 3.05) is 32.7 Å². The Morgan fingerprint density at radius 3 is 2.32 bits per heavy atom. The fraction of sp³-hybridized carbons (Fsp3) is 0.429. The molecule has 0 spiro atoms. The van der Waals surface area contributed by atoms with Crippen LogP contribution in [-0.4, -0.2) is 50.3 Å². The van der Waals surface area contributed by atoms with E-state index in [0.29, 0.717) is 13.1 Å². The first-order valence-corrected chi connectivity index (χ1v) is 8.08. The van der Waals surface area contributed by atoms with Crippen LogP contribution in [0.25, 0.3) is 6.08 Å². The van der Waals surface area contributed by atoms with Crippen LogP contribution in [0.3, 0.4) is 0 Å². The predicted octanol–water partition coefficient (Wildman–Crippen LogP) is 1.62. The highest BCUT2D eigenvalue weighted by Gasteiger charge is 2.23. The van der Waals surface area contributed by atoms with E-state index in [4.69, 9.17) is 0 Å². The van der Waals surface area contributed by atoms with Crippen molar-refractivity contribution in [1.29, 1.82) is 0 Å². The van der Waals surface area contributed by atoms with Crippen LogP contribution in [0, 0.1) is 0 Å². The average Bonchev–Trinajstić information content (AvgIpc) is 2.46. The summed E-state index contributed by atoms with van der Waals surface area (Å²) < 4.78 is 25.9. The quantitative estimate of drug-likeness (QED) is 0.841. The zero-order chi connectivity index (χ0) is 13.7. The topological polar surface area (TPSA) is 40.6 Å². The molecular weight excluding hydrogens is 260 g/mol. The highest BCUT2D eigenvalue weighted by Crippen LogP contribution is 2.11. The van der Waals surface area contributed by atoms with Crippen molar-refractivity contribution in [3.63, 3.8) is 0 Å². The molecule has 0 radical (unpaired) electrons. The van der Waals surface area contributed by atoms with Crippen molar-refractivity contribution in [1.82, 2.24) is 9.21 Å². The van der Waals surface area contributed by atoms with Gasteiger partial charge in [-0.2, -0.15) is 4.31 Å². The number of likely N-dealkylation sites (N-methyl/N-ethyl adjacent to an activating group) is 1. The Labute approximate surface area is 115 Å². The Bertz CT molecular complexity index is 518. The molecule has 1 aliphatic heterocycles. The van der Waals surface area contributed by atoms with E-state index in [-0.39, 0.29) is 0 Å². The molecule has 0 atom stereocenters. The molecule has 0 amide bonds. The molecule has 1 heterocycles. The largest absolute Gasteiger partial charge is 0.301 e. The number of hydrogen-bond acceptors (Lipinski definition) is 3. The molecule has 0 saturated carbocycles. The van der Waals surface area contributed by atoms with Gasteiger partial charge in [-0.15, -0.1) is 0 Å². The first-order valence-electron chi connectivity index (χ1n) is 6.57. The highest BCUT2D eigenvalue weighted by atomic mass is 32.2. The van der Waals surface area contributed by atoms with Crippen LogP contribution >= 0.6 is 0 Å². The van der Waals surface area contributed by atoms with Gasteiger partial charge in [0.2, 0.25) is 10.0 Å². The molecule has 104 valence electrons. The normalized spacial score (nSPS) is 19.0. The lowest BCUT2D eigenvalue weighted by Gasteiger charge is -2.32. The Hall–Kier alpha value is -1.17. The molecule has 1 aromatic rings. The Morgan fingerprint density at radius 1 is 1.11 bits per heavy atom. The number of rotatable bonds is 4. The lowest BCUT2D eigenvalue weighted by molar-refractivity contribution is 0.197. The predicted molar refractivity (Wildman–Crippen MR) is 78.1 cm³/mol. The van der Waals surface area contributed by atoms with E-state index in [0.717, 1.165) is 25.2 Å². The summed E-state index contributed by atoms with van der Waals surface area (Å²) >= 11 is 0. The summed E-state index contributed by atoms with van der Waals surface area (Å²) in [4.78, 5) is 2.26. The van der Waals surface area contributed by atoms with E-state index in [1.807, 2.05) is 30.3 Å². The molecule has 2 rings (SSSR count). The summed E-state index contributed by atoms with van der Waals surface area (Å²) in [5.41, 5.74) is 0.901. The molecule has 0 bridgehead atoms. The lowest BCUT2D eigenvalue weighted by Crippen LogP contribution is -2.47. The molecule has 1 aromatic carbocycles. The van der Waals surface area contributed by atoms with Crippen molar-refractivity contribution in [2.24, 2.45) is 0 Å². The van der Waals surface area contributed by atoms with Crippen LogP contribution in [0.5, 0.6) is 0 Å². The van der Waals surface area contributed by atoms with E-state index in [2.05, 4.69) is 11.8 Å². The Kier molecular flexibility index (Phi) is 4.74. The van der Waals surface area contributed by atoms with E-state index in [1.165, 1.54) is 5.41 Å². The molecule has 1 aliphatic rings. The highest BCUT2D eigenvalue weighted by molar-refractivity contribution is 7.92. The summed E-state index contributed by atoms with van der Waals surface area (Å²) in [5.74, 6) is 0. The van der Waals surface area contributed by atoms with E-state index < -0.39 is 10.0 Å². The maximum atomic E-state index is 12.2. The Morgan fingerprint density at radius 2 is 1.74 bits per heavy atom. The molecular formula is C14H20N2O2S. The fourth-order valence-electron chi connectivity index (χ4n) is 2.11. The fourth-order valence-corrected chi connectivity index (χ4v) is 3.29. The monoisotopic (exact) mass is 280 g/mol. The van der Waals surface area contributed by atoms with Crippen LogP contribution in [-0.2, 0) is 10.0 Å². The summed E-state index contributed by atoms with van der Waals surface area (Å²) in [6.07, 6.45) is 1.65. The van der Waals surface area contributed by atoms with Crippen LogP contribution in [0.1, 0.15) is 12.5 Å². The first-order chi connectivity index (χ1) is 9.12. The number of nitrogens with zero attached hydrogens (tertiary/aromatic N) is 2. The molecule has 1 saturated heterocycles. The van der Waals surface area contributed by atoms with Gasteiger partial charge in [0.1, 0.15) is 0 Å². The summed E-state index contributed by atoms with van der Waals surface area (Å²) in [7, 11) is -3.29. The van der Waals surface area contributed by atoms with Crippen LogP contribution in [0.2, 0.25) is 0 Å². The maximum Gasteiger partial charge on any atom is 0.236 e. The number of benzene rings is 1. The first kappa shape index (κ1) is 14.2. The number of piperazine rings is 1. The van der Waals surface area contributed by atoms with Gasteiger partial charge in [0.15, 0.2) is 0 Å². The lowest BCUT2D eigenvalue weighted by atomic mass is 10.2. The van der Waals surface area contributed by atoms with E-state index in [9.17, 15) is 8.42 Å². The minimum atomic E-state index is -3.29. The zero-order valence-electron chi connectivity index (χ0n) is 11.2. The molecule has 4 nitrogen and oxygen atoms in total. The minimum absolute atomic E-state index is 0.579. The summed E-state index contributed by atoms with van der Waals surface area (Å²) in [6, 6.07) is 9.48. The van der Waals surface area contributed by atoms with E-state index >= 15 is 0 Å². The third-order valence-electron chi connectivity index (χ3n) is 3.37. The Balaban J connectivity index is 2.01. The SMILES string of the molecule is CCN1CCN(S(=O)(=O)C=Cc2ccccc2)CC1. The van der Waals surface area contributed by atoms with Gasteiger partial charge in [0, 0.05) is 31.6 Å². The third-order valence-corrected chi connectivity index (χ3v) is 4.94. The van der Waals surface area contributed by atoms with Crippen LogP contribution in [0.4, 0.5) is 0 Å². The smallest absolute Gasteiger partial charge is 0.236 e. The second-order valence-electron chi connectivity index (χ2n) is 4.59. The van der Waals surface area contributed by atoms with Crippen molar-refractivity contribution in [2.45, 2.75) is 6.92 Å². The average molecular weight is 280 g/mol. The molecule has 0 aliphatic carbocycles. The van der Waals surface area contributed by atoms with Gasteiger partial charge in [-0.3, -0.25) is 0 Å². The van der Waals surface area contributed by atoms with Gasteiger partial charge in [-0.1, -0.05) is 37.3 Å². The standard InChI is InChI=1S/C14H20N2O2S/c1-2-15-9-11-16(12-10-15)19(17,18)13-8-14-6-4-3-5-7-14/h3-8,13H,2,9-12H2,1H3. The van der Waals surface area contributed by atoms with Crippen molar-refractivity contribution < 1.29 is 8.42 Å². The van der Waals surface area contributed by atoms with Crippen molar-refractivity contribution in [3.05, 3.63) is 41.3 Å². The molecule has 5 heteroatoms. The van der Waals surface area contributed by atoms with Crippen LogP contribution in [0.15, 0.2) is 35.7 Å². The summed E-state index contributed by atoms with van der Waals surface area (Å²) in [5, 5.41) is 1.31. The minimum Gasteiger partial charge on any atom is -0.301 e. The van der Waals surface area contributed by atoms with Gasteiger partial charge >= 0.3 is 0 Å². The molecule has 0 N–H and O–H groups in total. The van der Waals surface area contributed by atoms with Gasteiger partial charge in [0.05, 0.1) is 0 Å². The number of sulfonamides is 1. The van der Waals surface area contributed by atoms with Crippen LogP contribution < -0.4 is 0 Å². The molecule has 19 heavy (non-hydrogen) atoms. The van der Waals surface area contributed by atoms with E-state index in [1.54, 1.807) is 10.4 Å². The molecule has 1 fully saturated rings. The second-order valence-corrected chi connectivity index (χ2v) is 6.41.